The number of para-hydroxylation sites is 2. The number of fused-ring (bicyclic) bond motifs is 1. The lowest BCUT2D eigenvalue weighted by molar-refractivity contribution is 0.0949. The van der Waals surface area contributed by atoms with Crippen molar-refractivity contribution < 1.29 is 9.53 Å². The fourth-order valence-corrected chi connectivity index (χ4v) is 3.58. The van der Waals surface area contributed by atoms with E-state index in [1.54, 1.807) is 24.5 Å². The number of ether oxygens (including phenoxy) is 1. The van der Waals surface area contributed by atoms with E-state index in [1.165, 1.54) is 5.56 Å². The number of imidazole rings is 1. The minimum Gasteiger partial charge on any atom is -0.492 e. The van der Waals surface area contributed by atoms with E-state index in [-0.39, 0.29) is 11.3 Å². The first kappa shape index (κ1) is 21.6. The third-order valence-electron chi connectivity index (χ3n) is 5.39. The third-order valence-corrected chi connectivity index (χ3v) is 5.39. The van der Waals surface area contributed by atoms with Gasteiger partial charge in [0.15, 0.2) is 0 Å². The number of hydrogen-bond donors (Lipinski definition) is 1. The summed E-state index contributed by atoms with van der Waals surface area (Å²) in [5, 5.41) is 2.95. The first-order chi connectivity index (χ1) is 15.4. The van der Waals surface area contributed by atoms with Gasteiger partial charge in [-0.25, -0.2) is 4.98 Å². The van der Waals surface area contributed by atoms with Crippen molar-refractivity contribution in [2.24, 2.45) is 0 Å². The van der Waals surface area contributed by atoms with E-state index in [0.29, 0.717) is 25.3 Å². The molecule has 0 unspecified atom stereocenters. The van der Waals surface area contributed by atoms with Crippen molar-refractivity contribution >= 4 is 16.9 Å². The van der Waals surface area contributed by atoms with Crippen LogP contribution in [0.5, 0.6) is 5.75 Å². The molecule has 0 atom stereocenters. The number of carbonyl (C=O) groups is 1. The Morgan fingerprint density at radius 1 is 1.00 bits per heavy atom. The molecule has 0 spiro atoms. The molecule has 164 valence electrons. The molecule has 32 heavy (non-hydrogen) atoms. The summed E-state index contributed by atoms with van der Waals surface area (Å²) < 4.78 is 8.11. The molecule has 0 radical (unpaired) electrons. The Morgan fingerprint density at radius 2 is 1.72 bits per heavy atom. The lowest BCUT2D eigenvalue weighted by Gasteiger charge is -2.19. The Bertz CT molecular complexity index is 1190. The number of hydrogen-bond acceptors (Lipinski definition) is 4. The summed E-state index contributed by atoms with van der Waals surface area (Å²) in [6.07, 6.45) is 3.21. The van der Waals surface area contributed by atoms with Crippen LogP contribution in [0.1, 0.15) is 42.5 Å². The van der Waals surface area contributed by atoms with Crippen molar-refractivity contribution in [1.29, 1.82) is 0 Å². The van der Waals surface area contributed by atoms with Gasteiger partial charge in [0.1, 0.15) is 18.2 Å². The molecule has 2 aromatic carbocycles. The summed E-state index contributed by atoms with van der Waals surface area (Å²) in [4.78, 5) is 21.1. The fraction of sp³-hybridized carbons (Fsp3) is 0.269. The fourth-order valence-electron chi connectivity index (χ4n) is 3.58. The molecule has 6 heteroatoms. The molecule has 0 aliphatic rings. The molecule has 0 fully saturated rings. The van der Waals surface area contributed by atoms with Gasteiger partial charge in [-0.3, -0.25) is 9.78 Å². The van der Waals surface area contributed by atoms with Gasteiger partial charge in [0.25, 0.3) is 5.91 Å². The second kappa shape index (κ2) is 9.22. The van der Waals surface area contributed by atoms with Gasteiger partial charge >= 0.3 is 0 Å². The van der Waals surface area contributed by atoms with E-state index in [2.05, 4.69) is 47.8 Å². The number of rotatable bonds is 7. The normalized spacial score (nSPS) is 11.5. The van der Waals surface area contributed by atoms with E-state index in [1.807, 2.05) is 36.4 Å². The largest absolute Gasteiger partial charge is 0.492 e. The van der Waals surface area contributed by atoms with E-state index >= 15 is 0 Å². The highest BCUT2D eigenvalue weighted by Gasteiger charge is 2.14. The lowest BCUT2D eigenvalue weighted by Crippen LogP contribution is -2.25. The van der Waals surface area contributed by atoms with Gasteiger partial charge in [-0.05, 0) is 47.4 Å². The molecule has 6 nitrogen and oxygen atoms in total. The average molecular weight is 429 g/mol. The first-order valence-electron chi connectivity index (χ1n) is 10.8. The zero-order valence-electron chi connectivity index (χ0n) is 18.7. The molecular weight excluding hydrogens is 400 g/mol. The highest BCUT2D eigenvalue weighted by Crippen LogP contribution is 2.24. The van der Waals surface area contributed by atoms with Crippen LogP contribution in [0.25, 0.3) is 11.0 Å². The molecular formula is C26H28N4O2. The third kappa shape index (κ3) is 4.97. The highest BCUT2D eigenvalue weighted by molar-refractivity contribution is 5.93. The average Bonchev–Trinajstić information content (AvgIpc) is 3.15. The molecule has 2 heterocycles. The molecule has 0 aliphatic heterocycles. The zero-order chi connectivity index (χ0) is 22.6. The Balaban J connectivity index is 1.45. The Labute approximate surface area is 188 Å². The molecule has 0 saturated heterocycles. The molecule has 0 aliphatic carbocycles. The second-order valence-corrected chi connectivity index (χ2v) is 8.71. The van der Waals surface area contributed by atoms with Crippen molar-refractivity contribution in [3.05, 3.63) is 90.0 Å². The van der Waals surface area contributed by atoms with Crippen LogP contribution < -0.4 is 10.1 Å². The summed E-state index contributed by atoms with van der Waals surface area (Å²) in [5.41, 5.74) is 3.88. The quantitative estimate of drug-likeness (QED) is 0.462. The van der Waals surface area contributed by atoms with Gasteiger partial charge < -0.3 is 14.6 Å². The summed E-state index contributed by atoms with van der Waals surface area (Å²) in [5.74, 6) is 1.48. The summed E-state index contributed by atoms with van der Waals surface area (Å²) >= 11 is 0. The minimum absolute atomic E-state index is 0.115. The predicted molar refractivity (Wildman–Crippen MR) is 126 cm³/mol. The van der Waals surface area contributed by atoms with Gasteiger partial charge in [0, 0.05) is 18.0 Å². The van der Waals surface area contributed by atoms with Crippen molar-refractivity contribution in [3.8, 4) is 5.75 Å². The molecule has 4 rings (SSSR count). The van der Waals surface area contributed by atoms with Crippen LogP contribution in [0.4, 0.5) is 0 Å². The lowest BCUT2D eigenvalue weighted by atomic mass is 9.87. The van der Waals surface area contributed by atoms with Gasteiger partial charge in [-0.1, -0.05) is 45.0 Å². The first-order valence-corrected chi connectivity index (χ1v) is 10.8. The molecule has 1 amide bonds. The second-order valence-electron chi connectivity index (χ2n) is 8.71. The van der Waals surface area contributed by atoms with Crippen molar-refractivity contribution in [2.45, 2.75) is 39.3 Å². The van der Waals surface area contributed by atoms with Crippen LogP contribution in [0.15, 0.2) is 73.1 Å². The molecule has 1 N–H and O–H groups in total. The molecule has 0 bridgehead atoms. The van der Waals surface area contributed by atoms with Crippen molar-refractivity contribution in [1.82, 2.24) is 19.9 Å². The number of carbonyl (C=O) groups excluding carboxylic acids is 1. The molecule has 0 saturated carbocycles. The van der Waals surface area contributed by atoms with Crippen molar-refractivity contribution in [3.63, 3.8) is 0 Å². The van der Waals surface area contributed by atoms with Gasteiger partial charge in [-0.15, -0.1) is 0 Å². The zero-order valence-corrected chi connectivity index (χ0v) is 18.7. The Kier molecular flexibility index (Phi) is 6.21. The topological polar surface area (TPSA) is 69.0 Å². The van der Waals surface area contributed by atoms with Crippen LogP contribution in [0.2, 0.25) is 0 Å². The SMILES string of the molecule is CC(C)(C)c1ccc(OCCn2c(CNC(=O)c3ccncc3)nc3ccccc32)cc1. The summed E-state index contributed by atoms with van der Waals surface area (Å²) in [7, 11) is 0. The smallest absolute Gasteiger partial charge is 0.251 e. The predicted octanol–water partition coefficient (Wildman–Crippen LogP) is 4.74. The maximum atomic E-state index is 12.4. The van der Waals surface area contributed by atoms with Crippen LogP contribution in [-0.4, -0.2) is 27.0 Å². The van der Waals surface area contributed by atoms with E-state index in [9.17, 15) is 4.79 Å². The van der Waals surface area contributed by atoms with E-state index in [4.69, 9.17) is 9.72 Å². The molecule has 2 aromatic heterocycles. The van der Waals surface area contributed by atoms with Crippen molar-refractivity contribution in [2.75, 3.05) is 6.61 Å². The summed E-state index contributed by atoms with van der Waals surface area (Å²) in [6.45, 7) is 8.05. The van der Waals surface area contributed by atoms with Crippen LogP contribution in [-0.2, 0) is 18.5 Å². The van der Waals surface area contributed by atoms with Gasteiger partial charge in [-0.2, -0.15) is 0 Å². The van der Waals surface area contributed by atoms with E-state index < -0.39 is 0 Å². The van der Waals surface area contributed by atoms with Gasteiger partial charge in [0.05, 0.1) is 24.1 Å². The summed E-state index contributed by atoms with van der Waals surface area (Å²) in [6, 6.07) is 19.6. The minimum atomic E-state index is -0.152. The highest BCUT2D eigenvalue weighted by atomic mass is 16.5. The number of nitrogens with zero attached hydrogens (tertiary/aromatic N) is 3. The number of benzene rings is 2. The van der Waals surface area contributed by atoms with Crippen LogP contribution >= 0.6 is 0 Å². The van der Waals surface area contributed by atoms with Crippen LogP contribution in [0.3, 0.4) is 0 Å². The number of aromatic nitrogens is 3. The number of amides is 1. The maximum absolute atomic E-state index is 12.4. The van der Waals surface area contributed by atoms with E-state index in [0.717, 1.165) is 22.6 Å². The maximum Gasteiger partial charge on any atom is 0.251 e. The molecule has 4 aromatic rings. The number of nitrogens with one attached hydrogen (secondary N) is 1. The Morgan fingerprint density at radius 3 is 2.44 bits per heavy atom. The number of pyridine rings is 1. The van der Waals surface area contributed by atoms with Gasteiger partial charge in [0.2, 0.25) is 0 Å². The monoisotopic (exact) mass is 428 g/mol. The van der Waals surface area contributed by atoms with Crippen LogP contribution in [0, 0.1) is 0 Å². The standard InChI is InChI=1S/C26H28N4O2/c1-26(2,3)20-8-10-21(11-9-20)32-17-16-30-23-7-5-4-6-22(23)29-24(30)18-28-25(31)19-12-14-27-15-13-19/h4-15H,16-18H2,1-3H3,(H,28,31). The Hall–Kier alpha value is -3.67.